The van der Waals surface area contributed by atoms with Gasteiger partial charge >= 0.3 is 0 Å². The van der Waals surface area contributed by atoms with Crippen molar-refractivity contribution in [1.82, 2.24) is 10.6 Å². The second-order valence-corrected chi connectivity index (χ2v) is 4.21. The molecule has 1 aliphatic heterocycles. The van der Waals surface area contributed by atoms with Crippen LogP contribution in [-0.2, 0) is 4.79 Å². The third kappa shape index (κ3) is 3.84. The zero-order valence-corrected chi connectivity index (χ0v) is 9.74. The fourth-order valence-corrected chi connectivity index (χ4v) is 1.93. The van der Waals surface area contributed by atoms with Crippen LogP contribution in [0.2, 0.25) is 0 Å². The highest BCUT2D eigenvalue weighted by atomic mass is 35.5. The molecule has 0 unspecified atom stereocenters. The minimum Gasteiger partial charge on any atom is -0.349 e. The molecule has 0 bridgehead atoms. The van der Waals surface area contributed by atoms with Crippen LogP contribution in [0.25, 0.3) is 0 Å². The van der Waals surface area contributed by atoms with Crippen molar-refractivity contribution in [3.05, 3.63) is 11.6 Å². The molecule has 1 aliphatic carbocycles. The zero-order valence-electron chi connectivity index (χ0n) is 8.92. The molecule has 0 aromatic heterocycles. The van der Waals surface area contributed by atoms with Gasteiger partial charge in [-0.2, -0.15) is 0 Å². The summed E-state index contributed by atoms with van der Waals surface area (Å²) in [6.45, 7) is 2.02. The lowest BCUT2D eigenvalue weighted by Crippen LogP contribution is -2.45. The molecule has 2 rings (SSSR count). The highest BCUT2D eigenvalue weighted by Gasteiger charge is 2.15. The molecule has 0 spiro atoms. The van der Waals surface area contributed by atoms with Crippen molar-refractivity contribution in [3.63, 3.8) is 0 Å². The summed E-state index contributed by atoms with van der Waals surface area (Å²) in [5.74, 6) is 0.105. The van der Waals surface area contributed by atoms with Gasteiger partial charge in [0.15, 0.2) is 0 Å². The minimum atomic E-state index is 0. The molecule has 86 valence electrons. The van der Waals surface area contributed by atoms with E-state index in [4.69, 9.17) is 0 Å². The van der Waals surface area contributed by atoms with E-state index in [1.54, 1.807) is 6.08 Å². The van der Waals surface area contributed by atoms with Crippen molar-refractivity contribution in [2.24, 2.45) is 0 Å². The second kappa shape index (κ2) is 6.13. The summed E-state index contributed by atoms with van der Waals surface area (Å²) in [5, 5.41) is 6.33. The molecule has 1 saturated heterocycles. The van der Waals surface area contributed by atoms with Gasteiger partial charge in [-0.15, -0.1) is 12.4 Å². The second-order valence-electron chi connectivity index (χ2n) is 4.21. The Morgan fingerprint density at radius 3 is 2.73 bits per heavy atom. The summed E-state index contributed by atoms with van der Waals surface area (Å²) in [4.78, 5) is 11.5. The Bertz CT molecular complexity index is 241. The first-order chi connectivity index (χ1) is 6.84. The number of nitrogens with one attached hydrogen (secondary N) is 2. The number of piperidine rings is 1. The Morgan fingerprint density at radius 1 is 1.40 bits per heavy atom. The Morgan fingerprint density at radius 2 is 2.20 bits per heavy atom. The Kier molecular flexibility index (Phi) is 5.12. The number of carbonyl (C=O) groups excluding carboxylic acids is 1. The molecule has 2 fully saturated rings. The van der Waals surface area contributed by atoms with Crippen LogP contribution >= 0.6 is 12.4 Å². The van der Waals surface area contributed by atoms with Crippen molar-refractivity contribution in [3.8, 4) is 0 Å². The smallest absolute Gasteiger partial charge is 0.244 e. The fourth-order valence-electron chi connectivity index (χ4n) is 1.93. The van der Waals surface area contributed by atoms with E-state index in [0.29, 0.717) is 6.04 Å². The Hall–Kier alpha value is -0.540. The van der Waals surface area contributed by atoms with Crippen molar-refractivity contribution in [2.45, 2.75) is 38.1 Å². The molecular formula is C11H19ClN2O. The number of carbonyl (C=O) groups is 1. The molecule has 3 nitrogen and oxygen atoms in total. The average molecular weight is 231 g/mol. The van der Waals surface area contributed by atoms with Gasteiger partial charge in [0.05, 0.1) is 0 Å². The maximum Gasteiger partial charge on any atom is 0.244 e. The van der Waals surface area contributed by atoms with Gasteiger partial charge in [-0.05, 0) is 38.6 Å². The summed E-state index contributed by atoms with van der Waals surface area (Å²) in [6.07, 6.45) is 7.57. The molecular weight excluding hydrogens is 212 g/mol. The Labute approximate surface area is 97.1 Å². The number of allylic oxidation sites excluding steroid dienone is 1. The molecule has 0 radical (unpaired) electrons. The maximum absolute atomic E-state index is 11.5. The van der Waals surface area contributed by atoms with E-state index in [-0.39, 0.29) is 18.3 Å². The van der Waals surface area contributed by atoms with Gasteiger partial charge in [0.25, 0.3) is 0 Å². The number of amides is 1. The molecule has 0 aromatic carbocycles. The normalized spacial score (nSPS) is 24.8. The summed E-state index contributed by atoms with van der Waals surface area (Å²) < 4.78 is 0. The first-order valence-corrected chi connectivity index (χ1v) is 5.55. The molecule has 15 heavy (non-hydrogen) atoms. The first kappa shape index (κ1) is 12.5. The van der Waals surface area contributed by atoms with E-state index in [1.165, 1.54) is 18.4 Å². The van der Waals surface area contributed by atoms with E-state index >= 15 is 0 Å². The van der Waals surface area contributed by atoms with Gasteiger partial charge in [-0.3, -0.25) is 4.79 Å². The fraction of sp³-hybridized carbons (Fsp3) is 0.727. The molecule has 1 atom stereocenters. The van der Waals surface area contributed by atoms with Crippen LogP contribution in [-0.4, -0.2) is 25.0 Å². The molecule has 1 amide bonds. The molecule has 2 aliphatic rings. The molecule has 1 saturated carbocycles. The molecule has 2 N–H and O–H groups in total. The lowest BCUT2D eigenvalue weighted by atomic mass is 9.92. The van der Waals surface area contributed by atoms with Crippen LogP contribution in [0.4, 0.5) is 0 Å². The third-order valence-corrected chi connectivity index (χ3v) is 2.97. The van der Waals surface area contributed by atoms with E-state index in [9.17, 15) is 4.79 Å². The number of hydrogen-bond acceptors (Lipinski definition) is 2. The van der Waals surface area contributed by atoms with Crippen molar-refractivity contribution < 1.29 is 4.79 Å². The lowest BCUT2D eigenvalue weighted by Gasteiger charge is -2.24. The molecule has 0 aromatic rings. The first-order valence-electron chi connectivity index (χ1n) is 5.55. The van der Waals surface area contributed by atoms with Gasteiger partial charge in [0.2, 0.25) is 5.91 Å². The van der Waals surface area contributed by atoms with Crippen molar-refractivity contribution >= 4 is 18.3 Å². The van der Waals surface area contributed by atoms with Gasteiger partial charge < -0.3 is 10.6 Å². The van der Waals surface area contributed by atoms with Gasteiger partial charge in [0, 0.05) is 18.7 Å². The monoisotopic (exact) mass is 230 g/mol. The van der Waals surface area contributed by atoms with Crippen LogP contribution in [0, 0.1) is 0 Å². The van der Waals surface area contributed by atoms with Gasteiger partial charge in [0.1, 0.15) is 0 Å². The van der Waals surface area contributed by atoms with Crippen LogP contribution in [0.5, 0.6) is 0 Å². The minimum absolute atomic E-state index is 0. The Balaban J connectivity index is 0.00000112. The third-order valence-electron chi connectivity index (χ3n) is 2.97. The highest BCUT2D eigenvalue weighted by Crippen LogP contribution is 2.24. The van der Waals surface area contributed by atoms with Crippen LogP contribution < -0.4 is 10.6 Å². The van der Waals surface area contributed by atoms with E-state index < -0.39 is 0 Å². The van der Waals surface area contributed by atoms with E-state index in [0.717, 1.165) is 32.4 Å². The van der Waals surface area contributed by atoms with E-state index in [1.807, 2.05) is 0 Å². The largest absolute Gasteiger partial charge is 0.349 e. The number of rotatable bonds is 2. The zero-order chi connectivity index (χ0) is 9.80. The summed E-state index contributed by atoms with van der Waals surface area (Å²) in [7, 11) is 0. The average Bonchev–Trinajstić information content (AvgIpc) is 2.13. The highest BCUT2D eigenvalue weighted by molar-refractivity contribution is 5.88. The SMILES string of the molecule is Cl.O=C(C=C1CCC1)N[C@H]1CCCNC1. The van der Waals surface area contributed by atoms with Gasteiger partial charge in [-0.1, -0.05) is 5.57 Å². The summed E-state index contributed by atoms with van der Waals surface area (Å²) >= 11 is 0. The van der Waals surface area contributed by atoms with Crippen LogP contribution in [0.1, 0.15) is 32.1 Å². The quantitative estimate of drug-likeness (QED) is 0.704. The standard InChI is InChI=1S/C11H18N2O.ClH/c14-11(7-9-3-1-4-9)13-10-5-2-6-12-8-10;/h7,10,12H,1-6,8H2,(H,13,14);1H/t10-;/m0./s1. The van der Waals surface area contributed by atoms with Crippen molar-refractivity contribution in [2.75, 3.05) is 13.1 Å². The van der Waals surface area contributed by atoms with Crippen molar-refractivity contribution in [1.29, 1.82) is 0 Å². The molecule has 1 heterocycles. The number of hydrogen-bond donors (Lipinski definition) is 2. The summed E-state index contributed by atoms with van der Waals surface area (Å²) in [6, 6.07) is 0.341. The van der Waals surface area contributed by atoms with E-state index in [2.05, 4.69) is 10.6 Å². The topological polar surface area (TPSA) is 41.1 Å². The predicted octanol–water partition coefficient (Wildman–Crippen LogP) is 1.39. The van der Waals surface area contributed by atoms with Gasteiger partial charge in [-0.25, -0.2) is 0 Å². The summed E-state index contributed by atoms with van der Waals surface area (Å²) in [5.41, 5.74) is 1.31. The molecule has 4 heteroatoms. The van der Waals surface area contributed by atoms with Crippen LogP contribution in [0.3, 0.4) is 0 Å². The maximum atomic E-state index is 11.5. The van der Waals surface area contributed by atoms with Crippen LogP contribution in [0.15, 0.2) is 11.6 Å². The number of halogens is 1. The predicted molar refractivity (Wildman–Crippen MR) is 63.2 cm³/mol. The lowest BCUT2D eigenvalue weighted by molar-refractivity contribution is -0.117.